The molecule has 154 valence electrons. The van der Waals surface area contributed by atoms with Gasteiger partial charge in [-0.2, -0.15) is 0 Å². The third-order valence-electron chi connectivity index (χ3n) is 3.57. The SMILES string of the molecule is CC(C)(C)OC(=O)NCC(=O)Nc1ccc(CNC(=O)c2cccc(F)c2)cc1. The Hall–Kier alpha value is -3.42. The number of hydrogen-bond donors (Lipinski definition) is 3. The highest BCUT2D eigenvalue weighted by atomic mass is 19.1. The predicted molar refractivity (Wildman–Crippen MR) is 107 cm³/mol. The molecule has 0 saturated carbocycles. The van der Waals surface area contributed by atoms with Crippen molar-refractivity contribution in [3.05, 3.63) is 65.5 Å². The van der Waals surface area contributed by atoms with E-state index in [4.69, 9.17) is 4.74 Å². The molecule has 0 unspecified atom stereocenters. The monoisotopic (exact) mass is 401 g/mol. The van der Waals surface area contributed by atoms with Crippen LogP contribution in [0.4, 0.5) is 14.9 Å². The van der Waals surface area contributed by atoms with Gasteiger partial charge in [-0.1, -0.05) is 18.2 Å². The van der Waals surface area contributed by atoms with E-state index in [-0.39, 0.29) is 24.6 Å². The number of alkyl carbamates (subject to hydrolysis) is 1. The van der Waals surface area contributed by atoms with E-state index in [2.05, 4.69) is 16.0 Å². The Morgan fingerprint density at radius 2 is 1.69 bits per heavy atom. The number of benzene rings is 2. The molecule has 0 radical (unpaired) electrons. The molecule has 3 N–H and O–H groups in total. The van der Waals surface area contributed by atoms with Crippen molar-refractivity contribution < 1.29 is 23.5 Å². The molecule has 0 fully saturated rings. The van der Waals surface area contributed by atoms with Crippen LogP contribution in [-0.2, 0) is 16.1 Å². The first-order chi connectivity index (χ1) is 13.6. The molecule has 0 bridgehead atoms. The summed E-state index contributed by atoms with van der Waals surface area (Å²) >= 11 is 0. The lowest BCUT2D eigenvalue weighted by Gasteiger charge is -2.19. The van der Waals surface area contributed by atoms with Crippen LogP contribution in [0, 0.1) is 5.82 Å². The Kier molecular flexibility index (Phi) is 7.30. The molecule has 0 spiro atoms. The van der Waals surface area contributed by atoms with Crippen LogP contribution in [0.25, 0.3) is 0 Å². The molecule has 2 aromatic carbocycles. The van der Waals surface area contributed by atoms with E-state index in [1.165, 1.54) is 24.3 Å². The Bertz CT molecular complexity index is 876. The summed E-state index contributed by atoms with van der Waals surface area (Å²) < 4.78 is 18.2. The summed E-state index contributed by atoms with van der Waals surface area (Å²) in [6.45, 7) is 5.22. The highest BCUT2D eigenvalue weighted by Crippen LogP contribution is 2.10. The summed E-state index contributed by atoms with van der Waals surface area (Å²) in [5.41, 5.74) is 0.952. The number of ether oxygens (including phenoxy) is 1. The van der Waals surface area contributed by atoms with Gasteiger partial charge in [0.1, 0.15) is 18.0 Å². The second-order valence-corrected chi connectivity index (χ2v) is 7.29. The van der Waals surface area contributed by atoms with Gasteiger partial charge in [0.05, 0.1) is 0 Å². The summed E-state index contributed by atoms with van der Waals surface area (Å²) in [4.78, 5) is 35.5. The third-order valence-corrected chi connectivity index (χ3v) is 3.57. The van der Waals surface area contributed by atoms with Gasteiger partial charge in [0.2, 0.25) is 5.91 Å². The number of carbonyl (C=O) groups excluding carboxylic acids is 3. The van der Waals surface area contributed by atoms with Gasteiger partial charge in [-0.25, -0.2) is 9.18 Å². The molecule has 0 aliphatic rings. The van der Waals surface area contributed by atoms with Gasteiger partial charge in [0.15, 0.2) is 0 Å². The lowest BCUT2D eigenvalue weighted by molar-refractivity contribution is -0.115. The lowest BCUT2D eigenvalue weighted by Crippen LogP contribution is -2.37. The smallest absolute Gasteiger partial charge is 0.408 e. The zero-order chi connectivity index (χ0) is 21.4. The number of amides is 3. The normalized spacial score (nSPS) is 10.8. The summed E-state index contributed by atoms with van der Waals surface area (Å²) in [5, 5.41) is 7.72. The fraction of sp³-hybridized carbons (Fsp3) is 0.286. The van der Waals surface area contributed by atoms with Crippen molar-refractivity contribution in [3.8, 4) is 0 Å². The summed E-state index contributed by atoms with van der Waals surface area (Å²) in [6, 6.07) is 12.3. The van der Waals surface area contributed by atoms with Gasteiger partial charge in [-0.15, -0.1) is 0 Å². The maximum atomic E-state index is 13.2. The lowest BCUT2D eigenvalue weighted by atomic mass is 10.1. The summed E-state index contributed by atoms with van der Waals surface area (Å²) in [7, 11) is 0. The van der Waals surface area contributed by atoms with E-state index >= 15 is 0 Å². The van der Waals surface area contributed by atoms with Crippen LogP contribution < -0.4 is 16.0 Å². The molecule has 0 aliphatic heterocycles. The second-order valence-electron chi connectivity index (χ2n) is 7.29. The van der Waals surface area contributed by atoms with Crippen molar-refractivity contribution in [1.82, 2.24) is 10.6 Å². The largest absolute Gasteiger partial charge is 0.444 e. The topological polar surface area (TPSA) is 96.5 Å². The predicted octanol–water partition coefficient (Wildman–Crippen LogP) is 3.22. The third kappa shape index (κ3) is 8.00. The molecule has 0 aliphatic carbocycles. The maximum absolute atomic E-state index is 13.2. The number of rotatable bonds is 6. The number of nitrogens with one attached hydrogen (secondary N) is 3. The van der Waals surface area contributed by atoms with Crippen molar-refractivity contribution in [2.45, 2.75) is 32.9 Å². The Balaban J connectivity index is 1.78. The van der Waals surface area contributed by atoms with Crippen molar-refractivity contribution in [2.75, 3.05) is 11.9 Å². The quantitative estimate of drug-likeness (QED) is 0.692. The number of halogens is 1. The highest BCUT2D eigenvalue weighted by Gasteiger charge is 2.16. The summed E-state index contributed by atoms with van der Waals surface area (Å²) in [6.07, 6.45) is -0.669. The van der Waals surface area contributed by atoms with E-state index in [1.807, 2.05) is 0 Å². The van der Waals surface area contributed by atoms with Gasteiger partial charge in [0.25, 0.3) is 5.91 Å². The van der Waals surface area contributed by atoms with E-state index in [9.17, 15) is 18.8 Å². The number of carbonyl (C=O) groups is 3. The Morgan fingerprint density at radius 1 is 1.00 bits per heavy atom. The van der Waals surface area contributed by atoms with E-state index in [1.54, 1.807) is 45.0 Å². The fourth-order valence-electron chi connectivity index (χ4n) is 2.29. The first-order valence-corrected chi connectivity index (χ1v) is 9.02. The molecule has 2 rings (SSSR count). The van der Waals surface area contributed by atoms with Gasteiger partial charge in [-0.05, 0) is 56.7 Å². The van der Waals surface area contributed by atoms with E-state index < -0.39 is 23.4 Å². The standard InChI is InChI=1S/C21H24FN3O4/c1-21(2,3)29-20(28)24-13-18(26)25-17-9-7-14(8-10-17)12-23-19(27)15-5-4-6-16(22)11-15/h4-11H,12-13H2,1-3H3,(H,23,27)(H,24,28)(H,25,26). The minimum Gasteiger partial charge on any atom is -0.444 e. The van der Waals surface area contributed by atoms with Crippen molar-refractivity contribution in [2.24, 2.45) is 0 Å². The Labute approximate surface area is 168 Å². The van der Waals surface area contributed by atoms with Gasteiger partial charge in [-0.3, -0.25) is 9.59 Å². The van der Waals surface area contributed by atoms with Crippen LogP contribution in [0.5, 0.6) is 0 Å². The first-order valence-electron chi connectivity index (χ1n) is 9.02. The van der Waals surface area contributed by atoms with Crippen LogP contribution in [0.15, 0.2) is 48.5 Å². The van der Waals surface area contributed by atoms with Crippen LogP contribution in [0.1, 0.15) is 36.7 Å². The first kappa shape index (κ1) is 21.9. The van der Waals surface area contributed by atoms with Crippen LogP contribution in [0.3, 0.4) is 0 Å². The van der Waals surface area contributed by atoms with Crippen molar-refractivity contribution in [3.63, 3.8) is 0 Å². The van der Waals surface area contributed by atoms with E-state index in [0.717, 1.165) is 5.56 Å². The van der Waals surface area contributed by atoms with Crippen LogP contribution in [-0.4, -0.2) is 30.1 Å². The molecule has 7 nitrogen and oxygen atoms in total. The Morgan fingerprint density at radius 3 is 2.31 bits per heavy atom. The fourth-order valence-corrected chi connectivity index (χ4v) is 2.29. The molecule has 3 amide bonds. The number of hydrogen-bond acceptors (Lipinski definition) is 4. The number of anilines is 1. The van der Waals surface area contributed by atoms with Gasteiger partial charge in [0, 0.05) is 17.8 Å². The zero-order valence-electron chi connectivity index (χ0n) is 16.5. The second kappa shape index (κ2) is 9.68. The van der Waals surface area contributed by atoms with Crippen molar-refractivity contribution >= 4 is 23.6 Å². The molecule has 0 aromatic heterocycles. The maximum Gasteiger partial charge on any atom is 0.408 e. The molecule has 29 heavy (non-hydrogen) atoms. The minimum absolute atomic E-state index is 0.222. The molecule has 0 saturated heterocycles. The molecule has 2 aromatic rings. The molecule has 8 heteroatoms. The molecule has 0 atom stereocenters. The van der Waals surface area contributed by atoms with Crippen LogP contribution >= 0.6 is 0 Å². The van der Waals surface area contributed by atoms with Crippen LogP contribution in [0.2, 0.25) is 0 Å². The minimum atomic E-state index is -0.669. The molecule has 0 heterocycles. The molecular formula is C21H24FN3O4. The average molecular weight is 401 g/mol. The van der Waals surface area contributed by atoms with Crippen molar-refractivity contribution in [1.29, 1.82) is 0 Å². The average Bonchev–Trinajstić information content (AvgIpc) is 2.64. The highest BCUT2D eigenvalue weighted by molar-refractivity contribution is 5.94. The zero-order valence-corrected chi connectivity index (χ0v) is 16.5. The van der Waals surface area contributed by atoms with Gasteiger partial charge >= 0.3 is 6.09 Å². The summed E-state index contributed by atoms with van der Waals surface area (Å²) in [5.74, 6) is -1.25. The van der Waals surface area contributed by atoms with Gasteiger partial charge < -0.3 is 20.7 Å². The molecular weight excluding hydrogens is 377 g/mol. The van der Waals surface area contributed by atoms with E-state index in [0.29, 0.717) is 5.69 Å².